The van der Waals surface area contributed by atoms with Crippen LogP contribution in [-0.4, -0.2) is 24.3 Å². The third kappa shape index (κ3) is 4.42. The van der Waals surface area contributed by atoms with Gasteiger partial charge in [-0.15, -0.1) is 0 Å². The molecule has 0 N–H and O–H groups in total. The second-order valence-corrected chi connectivity index (χ2v) is 5.98. The van der Waals surface area contributed by atoms with E-state index in [0.29, 0.717) is 6.54 Å². The quantitative estimate of drug-likeness (QED) is 0.769. The average molecular weight is 302 g/mol. The molecule has 110 valence electrons. The first-order valence-corrected chi connectivity index (χ1v) is 7.37. The fraction of sp³-hybridized carbons (Fsp3) is 0.278. The Hall–Kier alpha value is -1.64. The van der Waals surface area contributed by atoms with Crippen molar-refractivity contribution in [3.63, 3.8) is 0 Å². The van der Waals surface area contributed by atoms with Gasteiger partial charge >= 0.3 is 0 Å². The number of ketones is 1. The van der Waals surface area contributed by atoms with Gasteiger partial charge in [-0.1, -0.05) is 41.4 Å². The first kappa shape index (κ1) is 15.7. The predicted molar refractivity (Wildman–Crippen MR) is 88.0 cm³/mol. The number of carbonyl (C=O) groups excluding carboxylic acids is 1. The molecule has 0 aliphatic carbocycles. The lowest BCUT2D eigenvalue weighted by Crippen LogP contribution is -2.26. The average Bonchev–Trinajstić information content (AvgIpc) is 2.44. The minimum absolute atomic E-state index is 0.160. The number of aryl methyl sites for hydroxylation is 2. The fourth-order valence-corrected chi connectivity index (χ4v) is 2.45. The summed E-state index contributed by atoms with van der Waals surface area (Å²) in [6, 6.07) is 13.7. The van der Waals surface area contributed by atoms with Crippen LogP contribution in [0.5, 0.6) is 0 Å². The molecule has 0 saturated carbocycles. The maximum atomic E-state index is 12.4. The monoisotopic (exact) mass is 301 g/mol. The summed E-state index contributed by atoms with van der Waals surface area (Å²) in [5.41, 5.74) is 4.11. The molecular weight excluding hydrogens is 282 g/mol. The van der Waals surface area contributed by atoms with Gasteiger partial charge in [0, 0.05) is 17.1 Å². The van der Waals surface area contributed by atoms with Crippen molar-refractivity contribution in [3.05, 3.63) is 69.7 Å². The number of Topliss-reactive ketones (excluding diaryl/α,β-unsaturated/α-hetero) is 1. The van der Waals surface area contributed by atoms with Gasteiger partial charge in [-0.05, 0) is 50.2 Å². The van der Waals surface area contributed by atoms with E-state index in [1.165, 1.54) is 0 Å². The fourth-order valence-electron chi connectivity index (χ4n) is 2.32. The summed E-state index contributed by atoms with van der Waals surface area (Å²) in [6.45, 7) is 5.13. The van der Waals surface area contributed by atoms with Gasteiger partial charge in [-0.2, -0.15) is 0 Å². The van der Waals surface area contributed by atoms with Crippen LogP contribution in [0.1, 0.15) is 27.0 Å². The van der Waals surface area contributed by atoms with Crippen molar-refractivity contribution in [3.8, 4) is 0 Å². The second-order valence-electron chi connectivity index (χ2n) is 5.54. The zero-order valence-electron chi connectivity index (χ0n) is 12.7. The summed E-state index contributed by atoms with van der Waals surface area (Å²) in [4.78, 5) is 14.4. The molecule has 0 unspecified atom stereocenters. The molecule has 0 fully saturated rings. The van der Waals surface area contributed by atoms with Crippen molar-refractivity contribution in [2.45, 2.75) is 20.4 Å². The van der Waals surface area contributed by atoms with Crippen molar-refractivity contribution < 1.29 is 4.79 Å². The highest BCUT2D eigenvalue weighted by molar-refractivity contribution is 6.30. The van der Waals surface area contributed by atoms with E-state index in [2.05, 4.69) is 0 Å². The Balaban J connectivity index is 2.01. The van der Waals surface area contributed by atoms with Crippen LogP contribution in [0.15, 0.2) is 42.5 Å². The molecule has 0 aliphatic rings. The van der Waals surface area contributed by atoms with Gasteiger partial charge in [-0.25, -0.2) is 0 Å². The van der Waals surface area contributed by atoms with E-state index in [9.17, 15) is 4.79 Å². The van der Waals surface area contributed by atoms with Crippen LogP contribution in [0, 0.1) is 13.8 Å². The molecule has 0 atom stereocenters. The van der Waals surface area contributed by atoms with Gasteiger partial charge in [0.2, 0.25) is 0 Å². The van der Waals surface area contributed by atoms with Crippen LogP contribution >= 0.6 is 11.6 Å². The Labute approximate surface area is 131 Å². The van der Waals surface area contributed by atoms with E-state index < -0.39 is 0 Å². The summed E-state index contributed by atoms with van der Waals surface area (Å²) >= 11 is 5.88. The van der Waals surface area contributed by atoms with E-state index in [1.807, 2.05) is 68.3 Å². The van der Waals surface area contributed by atoms with Gasteiger partial charge in [0.05, 0.1) is 6.54 Å². The van der Waals surface area contributed by atoms with E-state index in [4.69, 9.17) is 11.6 Å². The van der Waals surface area contributed by atoms with Crippen molar-refractivity contribution in [2.24, 2.45) is 0 Å². The second kappa shape index (κ2) is 6.88. The van der Waals surface area contributed by atoms with Crippen LogP contribution in [-0.2, 0) is 6.54 Å². The summed E-state index contributed by atoms with van der Waals surface area (Å²) in [5, 5.41) is 0.730. The van der Waals surface area contributed by atoms with Gasteiger partial charge < -0.3 is 0 Å². The number of likely N-dealkylation sites (N-methyl/N-ethyl adjacent to an activating group) is 1. The minimum Gasteiger partial charge on any atom is -0.295 e. The van der Waals surface area contributed by atoms with Gasteiger partial charge in [0.1, 0.15) is 0 Å². The molecule has 2 aromatic rings. The lowest BCUT2D eigenvalue weighted by Gasteiger charge is -2.17. The van der Waals surface area contributed by atoms with E-state index in [1.54, 1.807) is 0 Å². The SMILES string of the molecule is Cc1ccc(C)c(C(=O)CN(C)Cc2ccc(Cl)cc2)c1. The molecular formula is C18H20ClNO. The number of hydrogen-bond acceptors (Lipinski definition) is 2. The van der Waals surface area contributed by atoms with Crippen molar-refractivity contribution in [1.29, 1.82) is 0 Å². The van der Waals surface area contributed by atoms with E-state index in [-0.39, 0.29) is 5.78 Å². The van der Waals surface area contributed by atoms with E-state index in [0.717, 1.165) is 33.8 Å². The zero-order valence-corrected chi connectivity index (χ0v) is 13.4. The van der Waals surface area contributed by atoms with Gasteiger partial charge in [-0.3, -0.25) is 9.69 Å². The molecule has 0 amide bonds. The maximum Gasteiger partial charge on any atom is 0.177 e. The predicted octanol–water partition coefficient (Wildman–Crippen LogP) is 4.27. The molecule has 0 aliphatic heterocycles. The number of nitrogens with zero attached hydrogens (tertiary/aromatic N) is 1. The van der Waals surface area contributed by atoms with Crippen LogP contribution in [0.2, 0.25) is 5.02 Å². The Morgan fingerprint density at radius 1 is 1.10 bits per heavy atom. The van der Waals surface area contributed by atoms with Crippen LogP contribution < -0.4 is 0 Å². The molecule has 0 aromatic heterocycles. The molecule has 2 aromatic carbocycles. The molecule has 2 nitrogen and oxygen atoms in total. The zero-order chi connectivity index (χ0) is 15.4. The Morgan fingerprint density at radius 3 is 2.43 bits per heavy atom. The van der Waals surface area contributed by atoms with Gasteiger partial charge in [0.25, 0.3) is 0 Å². The highest BCUT2D eigenvalue weighted by Crippen LogP contribution is 2.14. The Bertz CT molecular complexity index is 634. The lowest BCUT2D eigenvalue weighted by molar-refractivity contribution is 0.0942. The molecule has 0 saturated heterocycles. The Morgan fingerprint density at radius 2 is 1.76 bits per heavy atom. The number of rotatable bonds is 5. The number of hydrogen-bond donors (Lipinski definition) is 0. The normalized spacial score (nSPS) is 10.9. The molecule has 0 spiro atoms. The third-order valence-corrected chi connectivity index (χ3v) is 3.72. The smallest absolute Gasteiger partial charge is 0.177 e. The third-order valence-electron chi connectivity index (χ3n) is 3.47. The van der Waals surface area contributed by atoms with Crippen molar-refractivity contribution >= 4 is 17.4 Å². The molecule has 3 heteroatoms. The summed E-state index contributed by atoms with van der Waals surface area (Å²) in [7, 11) is 1.96. The van der Waals surface area contributed by atoms with Crippen molar-refractivity contribution in [1.82, 2.24) is 4.90 Å². The van der Waals surface area contributed by atoms with Crippen molar-refractivity contribution in [2.75, 3.05) is 13.6 Å². The van der Waals surface area contributed by atoms with Gasteiger partial charge in [0.15, 0.2) is 5.78 Å². The van der Waals surface area contributed by atoms with E-state index >= 15 is 0 Å². The Kier molecular flexibility index (Phi) is 5.16. The molecule has 0 bridgehead atoms. The lowest BCUT2D eigenvalue weighted by atomic mass is 10.0. The topological polar surface area (TPSA) is 20.3 Å². The highest BCUT2D eigenvalue weighted by atomic mass is 35.5. The summed E-state index contributed by atoms with van der Waals surface area (Å²) in [5.74, 6) is 0.160. The first-order chi connectivity index (χ1) is 9.95. The highest BCUT2D eigenvalue weighted by Gasteiger charge is 2.12. The van der Waals surface area contributed by atoms with Crippen LogP contribution in [0.4, 0.5) is 0 Å². The summed E-state index contributed by atoms with van der Waals surface area (Å²) < 4.78 is 0. The van der Waals surface area contributed by atoms with Crippen LogP contribution in [0.25, 0.3) is 0 Å². The van der Waals surface area contributed by atoms with Crippen LogP contribution in [0.3, 0.4) is 0 Å². The standard InChI is InChI=1S/C18H20ClNO/c1-13-4-5-14(2)17(10-13)18(21)12-20(3)11-15-6-8-16(19)9-7-15/h4-10H,11-12H2,1-3H3. The largest absolute Gasteiger partial charge is 0.295 e. The maximum absolute atomic E-state index is 12.4. The number of halogens is 1. The molecule has 2 rings (SSSR count). The molecule has 0 radical (unpaired) electrons. The number of carbonyl (C=O) groups is 1. The summed E-state index contributed by atoms with van der Waals surface area (Å²) in [6.07, 6.45) is 0. The molecule has 21 heavy (non-hydrogen) atoms. The molecule has 0 heterocycles. The first-order valence-electron chi connectivity index (χ1n) is 6.99. The minimum atomic E-state index is 0.160. The number of benzene rings is 2.